The number of ketones is 1. The normalized spacial score (nSPS) is 11.7. The SMILES string of the molecule is CCC(=O)c1cc(C(C)(C)C)ccc1OCC(C)C. The second-order valence-electron chi connectivity index (χ2n) is 6.44. The van der Waals surface area contributed by atoms with E-state index in [-0.39, 0.29) is 11.2 Å². The number of rotatable bonds is 5. The summed E-state index contributed by atoms with van der Waals surface area (Å²) in [5, 5.41) is 0. The summed E-state index contributed by atoms with van der Waals surface area (Å²) in [7, 11) is 0. The van der Waals surface area contributed by atoms with Gasteiger partial charge in [-0.15, -0.1) is 0 Å². The standard InChI is InChI=1S/C17H26O2/c1-7-15(18)14-10-13(17(4,5)6)8-9-16(14)19-11-12(2)3/h8-10,12H,7,11H2,1-6H3. The molecule has 0 amide bonds. The van der Waals surface area contributed by atoms with Gasteiger partial charge in [-0.25, -0.2) is 0 Å². The van der Waals surface area contributed by atoms with Crippen LogP contribution in [0.3, 0.4) is 0 Å². The molecule has 0 saturated heterocycles. The van der Waals surface area contributed by atoms with Crippen molar-refractivity contribution < 1.29 is 9.53 Å². The first-order valence-electron chi connectivity index (χ1n) is 7.06. The lowest BCUT2D eigenvalue weighted by Gasteiger charge is -2.21. The van der Waals surface area contributed by atoms with Crippen LogP contribution in [0.2, 0.25) is 0 Å². The van der Waals surface area contributed by atoms with Gasteiger partial charge in [-0.2, -0.15) is 0 Å². The smallest absolute Gasteiger partial charge is 0.166 e. The van der Waals surface area contributed by atoms with E-state index in [9.17, 15) is 4.79 Å². The van der Waals surface area contributed by atoms with Crippen molar-refractivity contribution in [1.82, 2.24) is 0 Å². The third kappa shape index (κ3) is 4.38. The summed E-state index contributed by atoms with van der Waals surface area (Å²) in [6.07, 6.45) is 0.506. The molecular weight excluding hydrogens is 236 g/mol. The molecule has 1 aromatic rings. The van der Waals surface area contributed by atoms with Gasteiger partial charge < -0.3 is 4.74 Å². The molecule has 0 aliphatic carbocycles. The third-order valence-electron chi connectivity index (χ3n) is 3.04. The average molecular weight is 262 g/mol. The topological polar surface area (TPSA) is 26.3 Å². The van der Waals surface area contributed by atoms with Gasteiger partial charge in [0.2, 0.25) is 0 Å². The number of carbonyl (C=O) groups excluding carboxylic acids is 1. The van der Waals surface area contributed by atoms with Gasteiger partial charge in [0.15, 0.2) is 5.78 Å². The Morgan fingerprint density at radius 3 is 2.37 bits per heavy atom. The van der Waals surface area contributed by atoms with E-state index in [4.69, 9.17) is 4.74 Å². The van der Waals surface area contributed by atoms with E-state index in [0.29, 0.717) is 24.7 Å². The zero-order valence-corrected chi connectivity index (χ0v) is 13.0. The van der Waals surface area contributed by atoms with Crippen LogP contribution in [0, 0.1) is 5.92 Å². The highest BCUT2D eigenvalue weighted by atomic mass is 16.5. The van der Waals surface area contributed by atoms with E-state index in [1.54, 1.807) is 0 Å². The van der Waals surface area contributed by atoms with Crippen molar-refractivity contribution >= 4 is 5.78 Å². The largest absolute Gasteiger partial charge is 0.493 e. The molecule has 0 fully saturated rings. The average Bonchev–Trinajstić information content (AvgIpc) is 2.34. The molecule has 2 nitrogen and oxygen atoms in total. The summed E-state index contributed by atoms with van der Waals surface area (Å²) < 4.78 is 5.77. The van der Waals surface area contributed by atoms with Crippen molar-refractivity contribution in [2.24, 2.45) is 5.92 Å². The molecule has 0 N–H and O–H groups in total. The minimum absolute atomic E-state index is 0.0410. The van der Waals surface area contributed by atoms with E-state index in [1.807, 2.05) is 19.1 Å². The first-order valence-corrected chi connectivity index (χ1v) is 7.06. The Bertz CT molecular complexity index is 439. The van der Waals surface area contributed by atoms with Crippen LogP contribution < -0.4 is 4.74 Å². The predicted molar refractivity (Wildman–Crippen MR) is 80.1 cm³/mol. The first-order chi connectivity index (χ1) is 8.75. The highest BCUT2D eigenvalue weighted by molar-refractivity contribution is 5.98. The van der Waals surface area contributed by atoms with E-state index >= 15 is 0 Å². The first kappa shape index (κ1) is 15.7. The van der Waals surface area contributed by atoms with Gasteiger partial charge in [0.05, 0.1) is 12.2 Å². The van der Waals surface area contributed by atoms with Crippen LogP contribution in [0.1, 0.15) is 63.9 Å². The van der Waals surface area contributed by atoms with Crippen LogP contribution in [-0.4, -0.2) is 12.4 Å². The molecule has 0 unspecified atom stereocenters. The highest BCUT2D eigenvalue weighted by Gasteiger charge is 2.18. The number of carbonyl (C=O) groups is 1. The minimum Gasteiger partial charge on any atom is -0.493 e. The monoisotopic (exact) mass is 262 g/mol. The van der Waals surface area contributed by atoms with E-state index < -0.39 is 0 Å². The molecule has 1 rings (SSSR count). The molecule has 0 atom stereocenters. The van der Waals surface area contributed by atoms with Gasteiger partial charge in [0.25, 0.3) is 0 Å². The summed E-state index contributed by atoms with van der Waals surface area (Å²) in [4.78, 5) is 12.1. The maximum atomic E-state index is 12.1. The van der Waals surface area contributed by atoms with E-state index in [0.717, 1.165) is 5.56 Å². The van der Waals surface area contributed by atoms with Crippen LogP contribution in [0.25, 0.3) is 0 Å². The molecule has 2 heteroatoms. The fourth-order valence-corrected chi connectivity index (χ4v) is 1.79. The lowest BCUT2D eigenvalue weighted by molar-refractivity contribution is 0.0983. The van der Waals surface area contributed by atoms with Gasteiger partial charge in [-0.3, -0.25) is 4.79 Å². The van der Waals surface area contributed by atoms with Gasteiger partial charge in [-0.1, -0.05) is 47.6 Å². The fraction of sp³-hybridized carbons (Fsp3) is 0.588. The van der Waals surface area contributed by atoms with Crippen molar-refractivity contribution in [2.75, 3.05) is 6.61 Å². The molecule has 0 aromatic heterocycles. The molecular formula is C17H26O2. The van der Waals surface area contributed by atoms with E-state index in [2.05, 4.69) is 40.7 Å². The Kier molecular flexibility index (Phi) is 5.16. The molecule has 0 radical (unpaired) electrons. The molecule has 0 heterocycles. The lowest BCUT2D eigenvalue weighted by atomic mass is 9.85. The number of Topliss-reactive ketones (excluding diaryl/α,β-unsaturated/α-hetero) is 1. The molecule has 0 aliphatic heterocycles. The van der Waals surface area contributed by atoms with Gasteiger partial charge in [0, 0.05) is 6.42 Å². The molecule has 0 saturated carbocycles. The summed E-state index contributed by atoms with van der Waals surface area (Å²) in [5.41, 5.74) is 1.93. The predicted octanol–water partition coefficient (Wildman–Crippen LogP) is 4.61. The van der Waals surface area contributed by atoms with Crippen molar-refractivity contribution in [1.29, 1.82) is 0 Å². The van der Waals surface area contributed by atoms with Crippen molar-refractivity contribution in [3.05, 3.63) is 29.3 Å². The van der Waals surface area contributed by atoms with E-state index in [1.165, 1.54) is 5.56 Å². The third-order valence-corrected chi connectivity index (χ3v) is 3.04. The minimum atomic E-state index is 0.0410. The quantitative estimate of drug-likeness (QED) is 0.724. The Hall–Kier alpha value is -1.31. The van der Waals surface area contributed by atoms with Crippen LogP contribution in [0.4, 0.5) is 0 Å². The maximum absolute atomic E-state index is 12.1. The molecule has 0 spiro atoms. The Labute approximate surface area is 117 Å². The Morgan fingerprint density at radius 1 is 1.26 bits per heavy atom. The summed E-state index contributed by atoms with van der Waals surface area (Å²) in [5.74, 6) is 1.31. The summed E-state index contributed by atoms with van der Waals surface area (Å²) >= 11 is 0. The molecule has 0 aliphatic rings. The summed E-state index contributed by atoms with van der Waals surface area (Å²) in [6.45, 7) is 13.2. The Balaban J connectivity index is 3.13. The number of hydrogen-bond donors (Lipinski definition) is 0. The second-order valence-corrected chi connectivity index (χ2v) is 6.44. The highest BCUT2D eigenvalue weighted by Crippen LogP contribution is 2.29. The van der Waals surface area contributed by atoms with Crippen LogP contribution in [0.15, 0.2) is 18.2 Å². The van der Waals surface area contributed by atoms with Crippen molar-refractivity contribution in [2.45, 2.75) is 53.4 Å². The van der Waals surface area contributed by atoms with Crippen LogP contribution >= 0.6 is 0 Å². The maximum Gasteiger partial charge on any atom is 0.166 e. The number of benzene rings is 1. The van der Waals surface area contributed by atoms with Crippen LogP contribution in [0.5, 0.6) is 5.75 Å². The van der Waals surface area contributed by atoms with Crippen molar-refractivity contribution in [3.8, 4) is 5.75 Å². The number of hydrogen-bond acceptors (Lipinski definition) is 2. The van der Waals surface area contributed by atoms with Crippen molar-refractivity contribution in [3.63, 3.8) is 0 Å². The fourth-order valence-electron chi connectivity index (χ4n) is 1.79. The molecule has 19 heavy (non-hydrogen) atoms. The van der Waals surface area contributed by atoms with Gasteiger partial charge in [-0.05, 0) is 29.0 Å². The Morgan fingerprint density at radius 2 is 1.89 bits per heavy atom. The molecule has 1 aromatic carbocycles. The zero-order valence-electron chi connectivity index (χ0n) is 13.0. The van der Waals surface area contributed by atoms with Gasteiger partial charge >= 0.3 is 0 Å². The zero-order chi connectivity index (χ0) is 14.6. The molecule has 0 bridgehead atoms. The lowest BCUT2D eigenvalue weighted by Crippen LogP contribution is -2.14. The number of ether oxygens (including phenoxy) is 1. The molecule has 106 valence electrons. The summed E-state index contributed by atoms with van der Waals surface area (Å²) in [6, 6.07) is 5.98. The van der Waals surface area contributed by atoms with Crippen LogP contribution in [-0.2, 0) is 5.41 Å². The second kappa shape index (κ2) is 6.23. The van der Waals surface area contributed by atoms with Gasteiger partial charge in [0.1, 0.15) is 5.75 Å².